The molecule has 0 saturated carbocycles. The molecular formula is C18H30. The van der Waals surface area contributed by atoms with E-state index in [2.05, 4.69) is 65.5 Å². The Balaban J connectivity index is 4.59. The summed E-state index contributed by atoms with van der Waals surface area (Å²) in [7, 11) is 0. The summed E-state index contributed by atoms with van der Waals surface area (Å²) in [4.78, 5) is 0. The van der Waals surface area contributed by atoms with Crippen LogP contribution in [-0.4, -0.2) is 0 Å². The molecule has 0 radical (unpaired) electrons. The van der Waals surface area contributed by atoms with E-state index in [-0.39, 0.29) is 0 Å². The molecule has 0 saturated heterocycles. The van der Waals surface area contributed by atoms with Crippen LogP contribution in [0, 0.1) is 23.7 Å². The summed E-state index contributed by atoms with van der Waals surface area (Å²) < 4.78 is 0. The molecule has 0 aromatic rings. The molecule has 0 heteroatoms. The highest BCUT2D eigenvalue weighted by Crippen LogP contribution is 2.21. The minimum atomic E-state index is 0.509. The van der Waals surface area contributed by atoms with Crippen molar-refractivity contribution >= 4 is 0 Å². The molecule has 0 bridgehead atoms. The second-order valence-electron chi connectivity index (χ2n) is 5.34. The number of rotatable bonds is 6. The van der Waals surface area contributed by atoms with Crippen molar-refractivity contribution in [3.8, 4) is 11.8 Å². The normalized spacial score (nSPS) is 14.4. The van der Waals surface area contributed by atoms with Crippen LogP contribution in [0.3, 0.4) is 0 Å². The van der Waals surface area contributed by atoms with Crippen molar-refractivity contribution in [1.29, 1.82) is 0 Å². The molecule has 0 aliphatic rings. The second-order valence-corrected chi connectivity index (χ2v) is 5.34. The molecule has 0 nitrogen and oxygen atoms in total. The number of allylic oxidation sites excluding steroid dienone is 4. The molecule has 102 valence electrons. The van der Waals surface area contributed by atoms with Crippen LogP contribution in [0.15, 0.2) is 23.3 Å². The summed E-state index contributed by atoms with van der Waals surface area (Å²) in [6.07, 6.45) is 8.92. The summed E-state index contributed by atoms with van der Waals surface area (Å²) in [6, 6.07) is 0. The molecular weight excluding hydrogens is 216 g/mol. The number of hydrogen-bond donors (Lipinski definition) is 0. The molecule has 0 rings (SSSR count). The fourth-order valence-corrected chi connectivity index (χ4v) is 1.91. The highest BCUT2D eigenvalue weighted by atomic mass is 14.1. The van der Waals surface area contributed by atoms with Crippen molar-refractivity contribution in [3.05, 3.63) is 23.3 Å². The van der Waals surface area contributed by atoms with Gasteiger partial charge in [0.25, 0.3) is 0 Å². The maximum atomic E-state index is 3.44. The third kappa shape index (κ3) is 7.38. The summed E-state index contributed by atoms with van der Waals surface area (Å²) in [5.74, 6) is 7.97. The molecule has 0 heterocycles. The largest absolute Gasteiger partial charge is 0.103 e. The van der Waals surface area contributed by atoms with Crippen molar-refractivity contribution in [2.75, 3.05) is 0 Å². The zero-order chi connectivity index (χ0) is 14.0. The fourth-order valence-electron chi connectivity index (χ4n) is 1.91. The molecule has 0 fully saturated rings. The molecule has 0 aromatic heterocycles. The Hall–Kier alpha value is -0.960. The SMILES string of the molecule is CC=C(CC(C#CCC(C)C)CC)C(C)=CCC. The molecule has 1 unspecified atom stereocenters. The summed E-state index contributed by atoms with van der Waals surface area (Å²) >= 11 is 0. The van der Waals surface area contributed by atoms with Crippen LogP contribution in [0.1, 0.15) is 67.2 Å². The van der Waals surface area contributed by atoms with Gasteiger partial charge in [0.1, 0.15) is 0 Å². The Kier molecular flexibility index (Phi) is 9.47. The van der Waals surface area contributed by atoms with Gasteiger partial charge in [0.15, 0.2) is 0 Å². The van der Waals surface area contributed by atoms with Gasteiger partial charge in [-0.2, -0.15) is 0 Å². The Morgan fingerprint density at radius 3 is 2.33 bits per heavy atom. The van der Waals surface area contributed by atoms with Crippen molar-refractivity contribution in [3.63, 3.8) is 0 Å². The van der Waals surface area contributed by atoms with E-state index in [0.717, 1.165) is 25.7 Å². The minimum Gasteiger partial charge on any atom is -0.103 e. The lowest BCUT2D eigenvalue weighted by molar-refractivity contribution is 0.637. The van der Waals surface area contributed by atoms with Gasteiger partial charge in [0, 0.05) is 12.3 Å². The quantitative estimate of drug-likeness (QED) is 0.413. The Bertz CT molecular complexity index is 331. The first-order valence-corrected chi connectivity index (χ1v) is 7.35. The zero-order valence-electron chi connectivity index (χ0n) is 13.1. The van der Waals surface area contributed by atoms with Gasteiger partial charge < -0.3 is 0 Å². The van der Waals surface area contributed by atoms with Gasteiger partial charge in [-0.1, -0.05) is 51.3 Å². The highest BCUT2D eigenvalue weighted by Gasteiger charge is 2.07. The first-order chi connectivity index (χ1) is 8.54. The predicted molar refractivity (Wildman–Crippen MR) is 83.4 cm³/mol. The molecule has 0 spiro atoms. The predicted octanol–water partition coefficient (Wildman–Crippen LogP) is 5.75. The third-order valence-corrected chi connectivity index (χ3v) is 3.14. The summed E-state index contributed by atoms with van der Waals surface area (Å²) in [5, 5.41) is 0. The lowest BCUT2D eigenvalue weighted by Crippen LogP contribution is -1.99. The average molecular weight is 246 g/mol. The first-order valence-electron chi connectivity index (χ1n) is 7.35. The van der Waals surface area contributed by atoms with E-state index in [0.29, 0.717) is 11.8 Å². The van der Waals surface area contributed by atoms with Crippen LogP contribution in [0.4, 0.5) is 0 Å². The Morgan fingerprint density at radius 1 is 1.22 bits per heavy atom. The van der Waals surface area contributed by atoms with E-state index in [1.807, 2.05) is 0 Å². The van der Waals surface area contributed by atoms with E-state index < -0.39 is 0 Å². The fraction of sp³-hybridized carbons (Fsp3) is 0.667. The summed E-state index contributed by atoms with van der Waals surface area (Å²) in [6.45, 7) is 13.2. The highest BCUT2D eigenvalue weighted by molar-refractivity contribution is 5.30. The second kappa shape index (κ2) is 10.0. The molecule has 0 aromatic carbocycles. The van der Waals surface area contributed by atoms with Crippen molar-refractivity contribution in [2.45, 2.75) is 67.2 Å². The molecule has 0 amide bonds. The van der Waals surface area contributed by atoms with E-state index >= 15 is 0 Å². The maximum Gasteiger partial charge on any atom is 0.0240 e. The zero-order valence-corrected chi connectivity index (χ0v) is 13.1. The Morgan fingerprint density at radius 2 is 1.89 bits per heavy atom. The van der Waals surface area contributed by atoms with Gasteiger partial charge >= 0.3 is 0 Å². The van der Waals surface area contributed by atoms with Crippen molar-refractivity contribution in [2.24, 2.45) is 11.8 Å². The van der Waals surface area contributed by atoms with E-state index in [1.54, 1.807) is 0 Å². The van der Waals surface area contributed by atoms with Crippen LogP contribution in [0.5, 0.6) is 0 Å². The van der Waals surface area contributed by atoms with Crippen LogP contribution < -0.4 is 0 Å². The maximum absolute atomic E-state index is 3.44. The molecule has 0 aliphatic carbocycles. The monoisotopic (exact) mass is 246 g/mol. The van der Waals surface area contributed by atoms with Gasteiger partial charge in [0.05, 0.1) is 0 Å². The molecule has 0 aliphatic heterocycles. The molecule has 1 atom stereocenters. The first kappa shape index (κ1) is 17.0. The van der Waals surface area contributed by atoms with Gasteiger partial charge in [-0.15, -0.1) is 5.92 Å². The lowest BCUT2D eigenvalue weighted by atomic mass is 9.92. The topological polar surface area (TPSA) is 0 Å². The van der Waals surface area contributed by atoms with Crippen LogP contribution in [-0.2, 0) is 0 Å². The average Bonchev–Trinajstić information content (AvgIpc) is 2.33. The van der Waals surface area contributed by atoms with E-state index in [1.165, 1.54) is 11.1 Å². The molecule has 18 heavy (non-hydrogen) atoms. The minimum absolute atomic E-state index is 0.509. The third-order valence-electron chi connectivity index (χ3n) is 3.14. The van der Waals surface area contributed by atoms with Crippen LogP contribution in [0.2, 0.25) is 0 Å². The van der Waals surface area contributed by atoms with E-state index in [4.69, 9.17) is 0 Å². The Labute approximate surface area is 115 Å². The standard InChI is InChI=1S/C18H30/c1-7-11-16(6)18(9-3)14-17(8-2)13-10-12-15(4)5/h9,11,15,17H,7-8,12,14H2,1-6H3. The van der Waals surface area contributed by atoms with Gasteiger partial charge in [-0.25, -0.2) is 0 Å². The molecule has 0 N–H and O–H groups in total. The van der Waals surface area contributed by atoms with Gasteiger partial charge in [-0.3, -0.25) is 0 Å². The van der Waals surface area contributed by atoms with Crippen molar-refractivity contribution < 1.29 is 0 Å². The van der Waals surface area contributed by atoms with E-state index in [9.17, 15) is 0 Å². The van der Waals surface area contributed by atoms with Crippen LogP contribution >= 0.6 is 0 Å². The van der Waals surface area contributed by atoms with Gasteiger partial charge in [-0.05, 0) is 44.6 Å². The number of hydrogen-bond acceptors (Lipinski definition) is 0. The smallest absolute Gasteiger partial charge is 0.0240 e. The summed E-state index contributed by atoms with van der Waals surface area (Å²) in [5.41, 5.74) is 2.88. The van der Waals surface area contributed by atoms with Gasteiger partial charge in [0.2, 0.25) is 0 Å². The van der Waals surface area contributed by atoms with Crippen molar-refractivity contribution in [1.82, 2.24) is 0 Å². The lowest BCUT2D eigenvalue weighted by Gasteiger charge is -2.12. The van der Waals surface area contributed by atoms with Crippen LogP contribution in [0.25, 0.3) is 0 Å².